The lowest BCUT2D eigenvalue weighted by Gasteiger charge is -2.31. The van der Waals surface area contributed by atoms with E-state index in [1.54, 1.807) is 0 Å². The molecule has 1 unspecified atom stereocenters. The van der Waals surface area contributed by atoms with E-state index in [2.05, 4.69) is 10.5 Å². The zero-order valence-corrected chi connectivity index (χ0v) is 11.3. The Labute approximate surface area is 103 Å². The first-order valence-corrected chi connectivity index (χ1v) is 6.24. The summed E-state index contributed by atoms with van der Waals surface area (Å²) in [6.07, 6.45) is 2.64. The molecule has 17 heavy (non-hydrogen) atoms. The molecule has 0 aliphatic rings. The molecule has 0 aliphatic carbocycles. The Morgan fingerprint density at radius 3 is 2.29 bits per heavy atom. The van der Waals surface area contributed by atoms with Crippen molar-refractivity contribution in [3.63, 3.8) is 0 Å². The largest absolute Gasteiger partial charge is 0.409 e. The van der Waals surface area contributed by atoms with Crippen LogP contribution in [0.25, 0.3) is 0 Å². The third kappa shape index (κ3) is 4.24. The van der Waals surface area contributed by atoms with Gasteiger partial charge in [0.1, 0.15) is 5.54 Å². The first kappa shape index (κ1) is 15.7. The highest BCUT2D eigenvalue weighted by molar-refractivity contribution is 5.93. The van der Waals surface area contributed by atoms with Crippen LogP contribution in [0, 0.1) is 5.92 Å². The van der Waals surface area contributed by atoms with Gasteiger partial charge in [-0.25, -0.2) is 0 Å². The number of amidine groups is 1. The average molecular weight is 243 g/mol. The molecule has 0 rings (SSSR count). The van der Waals surface area contributed by atoms with Gasteiger partial charge in [0.15, 0.2) is 5.84 Å². The van der Waals surface area contributed by atoms with E-state index < -0.39 is 5.54 Å². The second-order valence-corrected chi connectivity index (χ2v) is 4.54. The van der Waals surface area contributed by atoms with E-state index in [4.69, 9.17) is 10.9 Å². The van der Waals surface area contributed by atoms with Gasteiger partial charge in [0.2, 0.25) is 5.91 Å². The van der Waals surface area contributed by atoms with Crippen LogP contribution in [0.2, 0.25) is 0 Å². The average Bonchev–Trinajstić information content (AvgIpc) is 2.34. The van der Waals surface area contributed by atoms with Crippen LogP contribution in [0.5, 0.6) is 0 Å². The van der Waals surface area contributed by atoms with Crippen LogP contribution in [0.15, 0.2) is 5.16 Å². The maximum Gasteiger partial charge on any atom is 0.221 e. The lowest BCUT2D eigenvalue weighted by Crippen LogP contribution is -2.57. The predicted molar refractivity (Wildman–Crippen MR) is 68.9 cm³/mol. The normalized spacial score (nSPS) is 14.5. The molecule has 4 N–H and O–H groups in total. The van der Waals surface area contributed by atoms with Crippen molar-refractivity contribution in [1.82, 2.24) is 5.32 Å². The van der Waals surface area contributed by atoms with Crippen molar-refractivity contribution < 1.29 is 10.0 Å². The molecule has 0 fully saturated rings. The van der Waals surface area contributed by atoms with Gasteiger partial charge in [0, 0.05) is 6.42 Å². The van der Waals surface area contributed by atoms with Crippen LogP contribution < -0.4 is 11.1 Å². The number of hydrogen-bond donors (Lipinski definition) is 3. The number of nitrogens with zero attached hydrogens (tertiary/aromatic N) is 1. The molecule has 0 saturated carbocycles. The molecule has 0 aliphatic heterocycles. The molecule has 0 aromatic rings. The molecule has 1 atom stereocenters. The zero-order chi connectivity index (χ0) is 13.5. The van der Waals surface area contributed by atoms with Crippen LogP contribution in [-0.4, -0.2) is 22.5 Å². The first-order chi connectivity index (χ1) is 7.95. The number of rotatable bonds is 7. The standard InChI is InChI=1S/C12H25N3O2/c1-5-9(4)8-10(16)14-12(6-2,7-3)11(13)15-17/h9,17H,5-8H2,1-4H3,(H2,13,15)(H,14,16). The highest BCUT2D eigenvalue weighted by Gasteiger charge is 2.33. The van der Waals surface area contributed by atoms with Crippen molar-refractivity contribution in [2.24, 2.45) is 16.8 Å². The summed E-state index contributed by atoms with van der Waals surface area (Å²) in [6, 6.07) is 0. The molecule has 5 heteroatoms. The summed E-state index contributed by atoms with van der Waals surface area (Å²) in [5, 5.41) is 14.7. The van der Waals surface area contributed by atoms with Crippen LogP contribution >= 0.6 is 0 Å². The first-order valence-electron chi connectivity index (χ1n) is 6.24. The summed E-state index contributed by atoms with van der Waals surface area (Å²) < 4.78 is 0. The number of carbonyl (C=O) groups is 1. The maximum atomic E-state index is 11.9. The fourth-order valence-electron chi connectivity index (χ4n) is 1.73. The fourth-order valence-corrected chi connectivity index (χ4v) is 1.73. The molecule has 0 bridgehead atoms. The van der Waals surface area contributed by atoms with Crippen molar-refractivity contribution >= 4 is 11.7 Å². The number of nitrogens with two attached hydrogens (primary N) is 1. The SMILES string of the molecule is CCC(C)CC(=O)NC(CC)(CC)C(N)=NO. The predicted octanol–water partition coefficient (Wildman–Crippen LogP) is 1.84. The maximum absolute atomic E-state index is 11.9. The zero-order valence-electron chi connectivity index (χ0n) is 11.3. The molecule has 0 heterocycles. The van der Waals surface area contributed by atoms with Crippen LogP contribution in [0.4, 0.5) is 0 Å². The Kier molecular flexibility index (Phi) is 6.61. The van der Waals surface area contributed by atoms with Crippen molar-refractivity contribution in [2.75, 3.05) is 0 Å². The van der Waals surface area contributed by atoms with Crippen molar-refractivity contribution in [3.05, 3.63) is 0 Å². The Bertz CT molecular complexity index is 273. The highest BCUT2D eigenvalue weighted by Crippen LogP contribution is 2.17. The quantitative estimate of drug-likeness (QED) is 0.276. The molecule has 1 amide bonds. The molecule has 0 spiro atoms. The minimum Gasteiger partial charge on any atom is -0.409 e. The van der Waals surface area contributed by atoms with E-state index in [-0.39, 0.29) is 11.7 Å². The summed E-state index contributed by atoms with van der Waals surface area (Å²) >= 11 is 0. The summed E-state index contributed by atoms with van der Waals surface area (Å²) in [5.74, 6) is 0.364. The van der Waals surface area contributed by atoms with Crippen molar-refractivity contribution in [3.8, 4) is 0 Å². The number of amides is 1. The summed E-state index contributed by atoms with van der Waals surface area (Å²) in [6.45, 7) is 7.90. The van der Waals surface area contributed by atoms with Gasteiger partial charge in [-0.15, -0.1) is 0 Å². The van der Waals surface area contributed by atoms with Crippen molar-refractivity contribution in [1.29, 1.82) is 0 Å². The second-order valence-electron chi connectivity index (χ2n) is 4.54. The van der Waals surface area contributed by atoms with Gasteiger partial charge in [-0.05, 0) is 18.8 Å². The van der Waals surface area contributed by atoms with Crippen LogP contribution in [-0.2, 0) is 4.79 Å². The number of nitrogens with one attached hydrogen (secondary N) is 1. The van der Waals surface area contributed by atoms with Crippen molar-refractivity contribution in [2.45, 2.75) is 58.9 Å². The van der Waals surface area contributed by atoms with E-state index in [0.717, 1.165) is 6.42 Å². The van der Waals surface area contributed by atoms with E-state index in [0.29, 0.717) is 25.2 Å². The molecule has 0 radical (unpaired) electrons. The Morgan fingerprint density at radius 2 is 1.94 bits per heavy atom. The lowest BCUT2D eigenvalue weighted by molar-refractivity contribution is -0.123. The van der Waals surface area contributed by atoms with Crippen LogP contribution in [0.1, 0.15) is 53.4 Å². The monoisotopic (exact) mass is 243 g/mol. The van der Waals surface area contributed by atoms with E-state index in [9.17, 15) is 4.79 Å². The van der Waals surface area contributed by atoms with E-state index in [1.807, 2.05) is 27.7 Å². The van der Waals surface area contributed by atoms with Gasteiger partial charge in [-0.2, -0.15) is 0 Å². The Balaban J connectivity index is 4.71. The minimum atomic E-state index is -0.723. The summed E-state index contributed by atoms with van der Waals surface area (Å²) in [5.41, 5.74) is 4.95. The van der Waals surface area contributed by atoms with Gasteiger partial charge < -0.3 is 16.3 Å². The van der Waals surface area contributed by atoms with Gasteiger partial charge in [0.05, 0.1) is 0 Å². The summed E-state index contributed by atoms with van der Waals surface area (Å²) in [7, 11) is 0. The van der Waals surface area contributed by atoms with Gasteiger partial charge in [-0.1, -0.05) is 39.3 Å². The molecule has 0 saturated heterocycles. The number of carbonyl (C=O) groups excluding carboxylic acids is 1. The molecule has 5 nitrogen and oxygen atoms in total. The Morgan fingerprint density at radius 1 is 1.41 bits per heavy atom. The minimum absolute atomic E-state index is 0.0466. The molecule has 100 valence electrons. The third-order valence-electron chi connectivity index (χ3n) is 3.41. The number of oxime groups is 1. The van der Waals surface area contributed by atoms with E-state index >= 15 is 0 Å². The van der Waals surface area contributed by atoms with E-state index in [1.165, 1.54) is 0 Å². The third-order valence-corrected chi connectivity index (χ3v) is 3.41. The smallest absolute Gasteiger partial charge is 0.221 e. The van der Waals surface area contributed by atoms with Gasteiger partial charge in [0.25, 0.3) is 0 Å². The number of hydrogen-bond acceptors (Lipinski definition) is 3. The second kappa shape index (κ2) is 7.14. The highest BCUT2D eigenvalue weighted by atomic mass is 16.4. The molecular weight excluding hydrogens is 218 g/mol. The van der Waals surface area contributed by atoms with Gasteiger partial charge in [-0.3, -0.25) is 4.79 Å². The van der Waals surface area contributed by atoms with Crippen LogP contribution in [0.3, 0.4) is 0 Å². The molecular formula is C12H25N3O2. The molecule has 0 aromatic heterocycles. The molecule has 0 aromatic carbocycles. The lowest BCUT2D eigenvalue weighted by atomic mass is 9.90. The topological polar surface area (TPSA) is 87.7 Å². The summed E-state index contributed by atoms with van der Waals surface area (Å²) in [4.78, 5) is 11.9. The Hall–Kier alpha value is -1.26. The van der Waals surface area contributed by atoms with Gasteiger partial charge >= 0.3 is 0 Å². The fraction of sp³-hybridized carbons (Fsp3) is 0.833.